The number of thiophene rings is 2. The lowest BCUT2D eigenvalue weighted by molar-refractivity contribution is 0.0961. The lowest BCUT2D eigenvalue weighted by Gasteiger charge is -2.12. The highest BCUT2D eigenvalue weighted by atomic mass is 79.9. The van der Waals surface area contributed by atoms with Crippen molar-refractivity contribution >= 4 is 54.5 Å². The molecule has 0 aromatic carbocycles. The molecule has 0 radical (unpaired) electrons. The highest BCUT2D eigenvalue weighted by Crippen LogP contribution is 2.37. The van der Waals surface area contributed by atoms with Gasteiger partial charge in [0.05, 0.1) is 13.4 Å². The van der Waals surface area contributed by atoms with E-state index in [0.717, 1.165) is 15.1 Å². The third-order valence-corrected chi connectivity index (χ3v) is 6.86. The maximum Gasteiger partial charge on any atom is 0.173 e. The van der Waals surface area contributed by atoms with E-state index < -0.39 is 0 Å². The number of carbonyl (C=O) groups is 1. The summed E-state index contributed by atoms with van der Waals surface area (Å²) in [5.74, 6) is 0.871. The number of rotatable bonds is 7. The van der Waals surface area contributed by atoms with Gasteiger partial charge in [-0.25, -0.2) is 0 Å². The Morgan fingerprint density at radius 3 is 2.84 bits per heavy atom. The Bertz CT molecular complexity index is 555. The van der Waals surface area contributed by atoms with E-state index in [4.69, 9.17) is 0 Å². The van der Waals surface area contributed by atoms with Crippen LogP contribution in [0.4, 0.5) is 0 Å². The van der Waals surface area contributed by atoms with Gasteiger partial charge in [0.25, 0.3) is 0 Å². The van der Waals surface area contributed by atoms with Gasteiger partial charge in [-0.1, -0.05) is 39.5 Å². The molecular weight excluding hydrogens is 340 g/mol. The molecule has 0 saturated heterocycles. The zero-order valence-corrected chi connectivity index (χ0v) is 14.6. The third kappa shape index (κ3) is 3.67. The largest absolute Gasteiger partial charge is 0.293 e. The molecule has 19 heavy (non-hydrogen) atoms. The zero-order valence-electron chi connectivity index (χ0n) is 11.4. The Balaban J connectivity index is 2.05. The van der Waals surface area contributed by atoms with Gasteiger partial charge in [0.1, 0.15) is 0 Å². The van der Waals surface area contributed by atoms with Crippen LogP contribution >= 0.6 is 38.6 Å². The molecule has 0 bridgehead atoms. The van der Waals surface area contributed by atoms with E-state index in [-0.39, 0.29) is 0 Å². The molecule has 0 fully saturated rings. The predicted molar refractivity (Wildman–Crippen MR) is 89.7 cm³/mol. The van der Waals surface area contributed by atoms with Crippen LogP contribution in [0.15, 0.2) is 15.2 Å². The van der Waals surface area contributed by atoms with Crippen LogP contribution in [0.2, 0.25) is 0 Å². The summed E-state index contributed by atoms with van der Waals surface area (Å²) >= 11 is 6.86. The summed E-state index contributed by atoms with van der Waals surface area (Å²) in [5.41, 5.74) is 0. The number of ketones is 1. The summed E-state index contributed by atoms with van der Waals surface area (Å²) in [4.78, 5) is 13.3. The molecule has 0 aliphatic carbocycles. The number of halogens is 1. The van der Waals surface area contributed by atoms with Crippen LogP contribution in [0, 0.1) is 5.92 Å². The lowest BCUT2D eigenvalue weighted by Crippen LogP contribution is -2.07. The van der Waals surface area contributed by atoms with E-state index in [1.807, 2.05) is 0 Å². The first-order valence-electron chi connectivity index (χ1n) is 6.85. The molecule has 2 aromatic heterocycles. The van der Waals surface area contributed by atoms with Crippen LogP contribution in [0.3, 0.4) is 0 Å². The Morgan fingerprint density at radius 2 is 2.21 bits per heavy atom. The van der Waals surface area contributed by atoms with Crippen LogP contribution in [0.25, 0.3) is 10.1 Å². The van der Waals surface area contributed by atoms with Gasteiger partial charge >= 0.3 is 0 Å². The van der Waals surface area contributed by atoms with Crippen LogP contribution in [0.1, 0.15) is 55.6 Å². The number of hydrogen-bond acceptors (Lipinski definition) is 3. The first-order chi connectivity index (χ1) is 9.15. The number of unbranched alkanes of at least 4 members (excludes halogenated alkanes) is 1. The van der Waals surface area contributed by atoms with Crippen molar-refractivity contribution in [1.29, 1.82) is 0 Å². The van der Waals surface area contributed by atoms with E-state index in [1.165, 1.54) is 29.3 Å². The van der Waals surface area contributed by atoms with Crippen molar-refractivity contribution in [1.82, 2.24) is 0 Å². The van der Waals surface area contributed by atoms with E-state index in [0.29, 0.717) is 18.1 Å². The first-order valence-corrected chi connectivity index (χ1v) is 9.34. The lowest BCUT2D eigenvalue weighted by atomic mass is 9.93. The highest BCUT2D eigenvalue weighted by molar-refractivity contribution is 9.11. The van der Waals surface area contributed by atoms with E-state index in [2.05, 4.69) is 41.2 Å². The quantitative estimate of drug-likeness (QED) is 0.515. The molecule has 4 heteroatoms. The molecule has 2 heterocycles. The molecule has 2 aromatic rings. The molecule has 0 aliphatic heterocycles. The minimum Gasteiger partial charge on any atom is -0.293 e. The molecule has 0 spiro atoms. The van der Waals surface area contributed by atoms with Crippen molar-refractivity contribution in [3.05, 3.63) is 20.1 Å². The van der Waals surface area contributed by atoms with Crippen molar-refractivity contribution in [2.24, 2.45) is 5.92 Å². The normalized spacial score (nSPS) is 13.0. The SMILES string of the molecule is CCCCC(CC)CC(=O)c1cc2csc(Br)c2s1. The fourth-order valence-corrected chi connectivity index (χ4v) is 4.91. The van der Waals surface area contributed by atoms with E-state index in [1.54, 1.807) is 22.7 Å². The number of carbonyl (C=O) groups excluding carboxylic acids is 1. The van der Waals surface area contributed by atoms with Crippen LogP contribution in [0.5, 0.6) is 0 Å². The van der Waals surface area contributed by atoms with Gasteiger partial charge in [-0.05, 0) is 27.9 Å². The van der Waals surface area contributed by atoms with Gasteiger partial charge in [0.15, 0.2) is 5.78 Å². The second-order valence-corrected chi connectivity index (χ2v) is 8.20. The fourth-order valence-electron chi connectivity index (χ4n) is 2.26. The molecule has 0 amide bonds. The van der Waals surface area contributed by atoms with Crippen LogP contribution < -0.4 is 0 Å². The molecule has 1 nitrogen and oxygen atoms in total. The second-order valence-electron chi connectivity index (χ2n) is 4.95. The molecule has 2 rings (SSSR count). The Morgan fingerprint density at radius 1 is 1.42 bits per heavy atom. The monoisotopic (exact) mass is 358 g/mol. The van der Waals surface area contributed by atoms with E-state index in [9.17, 15) is 4.79 Å². The Labute approximate surface area is 131 Å². The molecule has 1 atom stereocenters. The summed E-state index contributed by atoms with van der Waals surface area (Å²) in [6, 6.07) is 2.05. The van der Waals surface area contributed by atoms with Crippen molar-refractivity contribution < 1.29 is 4.79 Å². The molecule has 0 N–H and O–H groups in total. The highest BCUT2D eigenvalue weighted by Gasteiger charge is 2.17. The van der Waals surface area contributed by atoms with Gasteiger partial charge < -0.3 is 0 Å². The van der Waals surface area contributed by atoms with Gasteiger partial charge in [-0.2, -0.15) is 0 Å². The summed E-state index contributed by atoms with van der Waals surface area (Å²) in [6.45, 7) is 4.40. The summed E-state index contributed by atoms with van der Waals surface area (Å²) in [7, 11) is 0. The van der Waals surface area contributed by atoms with Crippen molar-refractivity contribution in [2.45, 2.75) is 46.0 Å². The van der Waals surface area contributed by atoms with Gasteiger partial charge in [-0.3, -0.25) is 4.79 Å². The second kappa shape index (κ2) is 7.00. The standard InChI is InChI=1S/C15H19BrOS2/c1-3-5-6-10(4-2)7-12(17)13-8-11-9-18-15(16)14(11)19-13/h8-10H,3-7H2,1-2H3. The minimum atomic E-state index is 0.320. The molecule has 0 aliphatic rings. The molecule has 0 saturated carbocycles. The Kier molecular flexibility index (Phi) is 5.60. The molecule has 1 unspecified atom stereocenters. The van der Waals surface area contributed by atoms with Crippen LogP contribution in [-0.4, -0.2) is 5.78 Å². The predicted octanol–water partition coefficient (Wildman–Crippen LogP) is 6.51. The fraction of sp³-hybridized carbons (Fsp3) is 0.533. The van der Waals surface area contributed by atoms with Crippen molar-refractivity contribution in [3.63, 3.8) is 0 Å². The maximum absolute atomic E-state index is 12.4. The average Bonchev–Trinajstić information content (AvgIpc) is 2.97. The third-order valence-electron chi connectivity index (χ3n) is 3.52. The summed E-state index contributed by atoms with van der Waals surface area (Å²) in [6.07, 6.45) is 5.44. The van der Waals surface area contributed by atoms with Gasteiger partial charge in [0.2, 0.25) is 0 Å². The van der Waals surface area contributed by atoms with Crippen molar-refractivity contribution in [2.75, 3.05) is 0 Å². The minimum absolute atomic E-state index is 0.320. The summed E-state index contributed by atoms with van der Waals surface area (Å²) < 4.78 is 2.36. The molecular formula is C15H19BrOS2. The smallest absolute Gasteiger partial charge is 0.173 e. The average molecular weight is 359 g/mol. The van der Waals surface area contributed by atoms with Gasteiger partial charge in [0, 0.05) is 17.2 Å². The van der Waals surface area contributed by atoms with Gasteiger partial charge in [-0.15, -0.1) is 22.7 Å². The molecule has 104 valence electrons. The summed E-state index contributed by atoms with van der Waals surface area (Å²) in [5, 5.41) is 3.31. The topological polar surface area (TPSA) is 17.1 Å². The van der Waals surface area contributed by atoms with Crippen molar-refractivity contribution in [3.8, 4) is 0 Å². The maximum atomic E-state index is 12.4. The number of hydrogen-bond donors (Lipinski definition) is 0. The Hall–Kier alpha value is -0.190. The van der Waals surface area contributed by atoms with E-state index >= 15 is 0 Å². The zero-order chi connectivity index (χ0) is 13.8. The van der Waals surface area contributed by atoms with Crippen LogP contribution in [-0.2, 0) is 0 Å². The first kappa shape index (κ1) is 15.2. The number of fused-ring (bicyclic) bond motifs is 1. The number of Topliss-reactive ketones (excluding diaryl/α,β-unsaturated/α-hetero) is 1.